The predicted octanol–water partition coefficient (Wildman–Crippen LogP) is 5.89. The Kier molecular flexibility index (Phi) is 11.3. The van der Waals surface area contributed by atoms with E-state index in [0.717, 1.165) is 28.3 Å². The van der Waals surface area contributed by atoms with Gasteiger partial charge in [0.1, 0.15) is 18.4 Å². The van der Waals surface area contributed by atoms with Gasteiger partial charge < -0.3 is 10.2 Å². The second-order valence-corrected chi connectivity index (χ2v) is 12.5. The Hall–Kier alpha value is -4.50. The number of hydrogen-bond acceptors (Lipinski definition) is 4. The van der Waals surface area contributed by atoms with E-state index < -0.39 is 34.3 Å². The molecule has 1 unspecified atom stereocenters. The van der Waals surface area contributed by atoms with E-state index in [1.165, 1.54) is 29.2 Å². The van der Waals surface area contributed by atoms with Crippen LogP contribution < -0.4 is 9.62 Å². The van der Waals surface area contributed by atoms with Gasteiger partial charge in [0.05, 0.1) is 10.6 Å². The van der Waals surface area contributed by atoms with Gasteiger partial charge in [-0.05, 0) is 60.9 Å². The highest BCUT2D eigenvalue weighted by atomic mass is 32.2. The number of sulfonamides is 1. The summed E-state index contributed by atoms with van der Waals surface area (Å²) in [6.07, 6.45) is 1.86. The fourth-order valence-electron chi connectivity index (χ4n) is 4.81. The quantitative estimate of drug-likeness (QED) is 0.179. The summed E-state index contributed by atoms with van der Waals surface area (Å²) >= 11 is 0. The van der Waals surface area contributed by atoms with Crippen molar-refractivity contribution >= 4 is 27.5 Å². The number of anilines is 1. The SMILES string of the molecule is CCCCNC(=O)C(Cc1ccccc1)N(Cc1ccc(F)cc1)C(=O)CN(c1ccccc1)S(=O)(=O)c1ccc(C)cc1. The van der Waals surface area contributed by atoms with Crippen LogP contribution in [0.15, 0.2) is 114 Å². The lowest BCUT2D eigenvalue weighted by molar-refractivity contribution is -0.140. The molecule has 0 aliphatic heterocycles. The molecule has 7 nitrogen and oxygen atoms in total. The molecule has 44 heavy (non-hydrogen) atoms. The molecule has 0 aliphatic rings. The Morgan fingerprint density at radius 2 is 1.43 bits per heavy atom. The molecule has 230 valence electrons. The lowest BCUT2D eigenvalue weighted by atomic mass is 10.0. The first-order valence-electron chi connectivity index (χ1n) is 14.7. The molecular formula is C35H38FN3O4S. The lowest BCUT2D eigenvalue weighted by Crippen LogP contribution is -2.53. The zero-order chi connectivity index (χ0) is 31.5. The van der Waals surface area contributed by atoms with Crippen LogP contribution in [0.1, 0.15) is 36.5 Å². The normalized spacial score (nSPS) is 11.9. The average Bonchev–Trinajstić information content (AvgIpc) is 3.03. The van der Waals surface area contributed by atoms with Gasteiger partial charge in [0, 0.05) is 19.5 Å². The largest absolute Gasteiger partial charge is 0.354 e. The molecule has 0 saturated carbocycles. The van der Waals surface area contributed by atoms with Gasteiger partial charge in [-0.25, -0.2) is 12.8 Å². The van der Waals surface area contributed by atoms with Gasteiger partial charge >= 0.3 is 0 Å². The fraction of sp³-hybridized carbons (Fsp3) is 0.257. The van der Waals surface area contributed by atoms with Crippen molar-refractivity contribution in [1.29, 1.82) is 0 Å². The Morgan fingerprint density at radius 3 is 2.05 bits per heavy atom. The minimum Gasteiger partial charge on any atom is -0.354 e. The lowest BCUT2D eigenvalue weighted by Gasteiger charge is -2.34. The van der Waals surface area contributed by atoms with Gasteiger partial charge in [0.25, 0.3) is 10.0 Å². The maximum atomic E-state index is 14.4. The Morgan fingerprint density at radius 1 is 0.818 bits per heavy atom. The standard InChI is InChI=1S/C35H38FN3O4S/c1-3-4-23-37-35(41)33(24-28-11-7-5-8-12-28)38(25-29-17-19-30(36)20-18-29)34(40)26-39(31-13-9-6-10-14-31)44(42,43)32-21-15-27(2)16-22-32/h5-22,33H,3-4,23-26H2,1-2H3,(H,37,41). The van der Waals surface area contributed by atoms with Gasteiger partial charge in [-0.1, -0.05) is 91.7 Å². The molecule has 0 aliphatic carbocycles. The van der Waals surface area contributed by atoms with E-state index in [-0.39, 0.29) is 23.8 Å². The molecule has 0 radical (unpaired) electrons. The number of hydrogen-bond donors (Lipinski definition) is 1. The maximum Gasteiger partial charge on any atom is 0.264 e. The number of halogens is 1. The van der Waals surface area contributed by atoms with Crippen LogP contribution in [-0.2, 0) is 32.6 Å². The molecule has 4 rings (SSSR count). The first kappa shape index (κ1) is 32.4. The molecule has 4 aromatic carbocycles. The van der Waals surface area contributed by atoms with Crippen molar-refractivity contribution in [3.8, 4) is 0 Å². The summed E-state index contributed by atoms with van der Waals surface area (Å²) in [5.74, 6) is -1.34. The molecule has 1 atom stereocenters. The second-order valence-electron chi connectivity index (χ2n) is 10.7. The van der Waals surface area contributed by atoms with Crippen molar-refractivity contribution in [2.24, 2.45) is 0 Å². The molecule has 0 fully saturated rings. The molecular weight excluding hydrogens is 577 g/mol. The number of aryl methyl sites for hydroxylation is 1. The monoisotopic (exact) mass is 615 g/mol. The van der Waals surface area contributed by atoms with Crippen molar-refractivity contribution < 1.29 is 22.4 Å². The third kappa shape index (κ3) is 8.54. The number of benzene rings is 4. The summed E-state index contributed by atoms with van der Waals surface area (Å²) in [5.41, 5.74) is 2.66. The molecule has 0 saturated heterocycles. The number of carbonyl (C=O) groups is 2. The molecule has 0 heterocycles. The van der Waals surface area contributed by atoms with Crippen LogP contribution in [0.25, 0.3) is 0 Å². The molecule has 2 amide bonds. The van der Waals surface area contributed by atoms with E-state index in [1.54, 1.807) is 54.6 Å². The average molecular weight is 616 g/mol. The topological polar surface area (TPSA) is 86.8 Å². The highest BCUT2D eigenvalue weighted by Crippen LogP contribution is 2.25. The molecule has 1 N–H and O–H groups in total. The number of nitrogens with zero attached hydrogens (tertiary/aromatic N) is 2. The minimum atomic E-state index is -4.16. The van der Waals surface area contributed by atoms with Crippen molar-refractivity contribution in [3.63, 3.8) is 0 Å². The maximum absolute atomic E-state index is 14.4. The Balaban J connectivity index is 1.76. The van der Waals surface area contributed by atoms with Gasteiger partial charge in [0.15, 0.2) is 0 Å². The third-order valence-corrected chi connectivity index (χ3v) is 9.09. The molecule has 0 spiro atoms. The Bertz CT molecular complexity index is 1610. The van der Waals surface area contributed by atoms with E-state index in [9.17, 15) is 22.4 Å². The van der Waals surface area contributed by atoms with E-state index >= 15 is 0 Å². The summed E-state index contributed by atoms with van der Waals surface area (Å²) in [6.45, 7) is 3.75. The summed E-state index contributed by atoms with van der Waals surface area (Å²) in [7, 11) is -4.16. The van der Waals surface area contributed by atoms with Gasteiger partial charge in [-0.15, -0.1) is 0 Å². The number of unbranched alkanes of at least 4 members (excludes halogenated alkanes) is 1. The number of rotatable bonds is 14. The molecule has 0 aromatic heterocycles. The van der Waals surface area contributed by atoms with Crippen molar-refractivity contribution in [2.45, 2.75) is 50.6 Å². The van der Waals surface area contributed by atoms with Crippen molar-refractivity contribution in [3.05, 3.63) is 132 Å². The zero-order valence-electron chi connectivity index (χ0n) is 25.0. The molecule has 4 aromatic rings. The number of carbonyl (C=O) groups excluding carboxylic acids is 2. The van der Waals surface area contributed by atoms with Crippen LogP contribution in [0, 0.1) is 12.7 Å². The van der Waals surface area contributed by atoms with E-state index in [0.29, 0.717) is 17.8 Å². The summed E-state index contributed by atoms with van der Waals surface area (Å²) in [5, 5.41) is 2.96. The third-order valence-electron chi connectivity index (χ3n) is 7.30. The number of nitrogens with one attached hydrogen (secondary N) is 1. The summed E-state index contributed by atoms with van der Waals surface area (Å²) in [6, 6.07) is 29.0. The van der Waals surface area contributed by atoms with E-state index in [1.807, 2.05) is 44.2 Å². The van der Waals surface area contributed by atoms with Crippen LogP contribution in [0.4, 0.5) is 10.1 Å². The van der Waals surface area contributed by atoms with Gasteiger partial charge in [-0.3, -0.25) is 13.9 Å². The van der Waals surface area contributed by atoms with Crippen LogP contribution in [0.5, 0.6) is 0 Å². The molecule has 9 heteroatoms. The zero-order valence-corrected chi connectivity index (χ0v) is 25.8. The first-order valence-corrected chi connectivity index (χ1v) is 16.1. The van der Waals surface area contributed by atoms with Crippen LogP contribution in [0.2, 0.25) is 0 Å². The summed E-state index contributed by atoms with van der Waals surface area (Å²) < 4.78 is 42.9. The second kappa shape index (κ2) is 15.3. The number of para-hydroxylation sites is 1. The number of amides is 2. The van der Waals surface area contributed by atoms with Gasteiger partial charge in [-0.2, -0.15) is 0 Å². The Labute approximate surface area is 259 Å². The molecule has 0 bridgehead atoms. The van der Waals surface area contributed by atoms with E-state index in [2.05, 4.69) is 5.32 Å². The fourth-order valence-corrected chi connectivity index (χ4v) is 6.22. The first-order chi connectivity index (χ1) is 21.2. The summed E-state index contributed by atoms with van der Waals surface area (Å²) in [4.78, 5) is 29.5. The smallest absolute Gasteiger partial charge is 0.264 e. The van der Waals surface area contributed by atoms with Gasteiger partial charge in [0.2, 0.25) is 11.8 Å². The highest BCUT2D eigenvalue weighted by Gasteiger charge is 2.34. The van der Waals surface area contributed by atoms with E-state index in [4.69, 9.17) is 0 Å². The van der Waals surface area contributed by atoms with Crippen molar-refractivity contribution in [1.82, 2.24) is 10.2 Å². The van der Waals surface area contributed by atoms with Crippen LogP contribution in [-0.4, -0.2) is 44.3 Å². The minimum absolute atomic E-state index is 0.0228. The highest BCUT2D eigenvalue weighted by molar-refractivity contribution is 7.92. The van der Waals surface area contributed by atoms with Crippen molar-refractivity contribution in [2.75, 3.05) is 17.4 Å². The van der Waals surface area contributed by atoms with Crippen LogP contribution >= 0.6 is 0 Å². The predicted molar refractivity (Wildman–Crippen MR) is 171 cm³/mol. The van der Waals surface area contributed by atoms with Crippen LogP contribution in [0.3, 0.4) is 0 Å².